The maximum absolute atomic E-state index is 12.5. The predicted octanol–water partition coefficient (Wildman–Crippen LogP) is 2.78. The molecule has 1 aliphatic rings. The Morgan fingerprint density at radius 2 is 1.70 bits per heavy atom. The van der Waals surface area contributed by atoms with E-state index < -0.39 is 0 Å². The Bertz CT molecular complexity index is 539. The van der Waals surface area contributed by atoms with E-state index in [1.54, 1.807) is 23.6 Å². The van der Waals surface area contributed by atoms with E-state index >= 15 is 0 Å². The van der Waals surface area contributed by atoms with Gasteiger partial charge in [0.2, 0.25) is 5.91 Å². The quantitative estimate of drug-likeness (QED) is 0.794. The Balaban J connectivity index is 1.84. The van der Waals surface area contributed by atoms with Crippen LogP contribution in [0.5, 0.6) is 0 Å². The number of carbonyl (C=O) groups is 2. The summed E-state index contributed by atoms with van der Waals surface area (Å²) in [5.41, 5.74) is 1.21. The van der Waals surface area contributed by atoms with Crippen LogP contribution in [-0.2, 0) is 9.53 Å². The second kappa shape index (κ2) is 8.24. The molecule has 2 amide bonds. The van der Waals surface area contributed by atoms with Gasteiger partial charge in [-0.15, -0.1) is 11.8 Å². The van der Waals surface area contributed by atoms with E-state index in [2.05, 4.69) is 12.1 Å². The SMILES string of the molecule is CCOC(=O)N1CCN(C(=O)[C@H](C)Sc2ccc(C)cc2)CC1. The zero-order valence-corrected chi connectivity index (χ0v) is 14.8. The zero-order valence-electron chi connectivity index (χ0n) is 13.9. The second-order valence-corrected chi connectivity index (χ2v) is 7.00. The number of thioether (sulfide) groups is 1. The van der Waals surface area contributed by atoms with Crippen LogP contribution in [0.2, 0.25) is 0 Å². The van der Waals surface area contributed by atoms with Crippen molar-refractivity contribution in [2.24, 2.45) is 0 Å². The first-order valence-electron chi connectivity index (χ1n) is 7.95. The lowest BCUT2D eigenvalue weighted by Crippen LogP contribution is -2.52. The molecule has 0 saturated carbocycles. The minimum atomic E-state index is -0.290. The summed E-state index contributed by atoms with van der Waals surface area (Å²) in [6.45, 7) is 8.35. The van der Waals surface area contributed by atoms with Crippen LogP contribution in [0.4, 0.5) is 4.79 Å². The Hall–Kier alpha value is -1.69. The molecule has 1 aromatic carbocycles. The van der Waals surface area contributed by atoms with Crippen molar-refractivity contribution in [2.45, 2.75) is 30.9 Å². The molecule has 0 aromatic heterocycles. The molecule has 1 aromatic rings. The molecular formula is C17H24N2O3S. The van der Waals surface area contributed by atoms with Gasteiger partial charge in [-0.2, -0.15) is 0 Å². The second-order valence-electron chi connectivity index (χ2n) is 5.58. The van der Waals surface area contributed by atoms with Gasteiger partial charge in [0.25, 0.3) is 0 Å². The van der Waals surface area contributed by atoms with E-state index in [1.807, 2.05) is 30.9 Å². The van der Waals surface area contributed by atoms with Crippen LogP contribution in [0.15, 0.2) is 29.2 Å². The van der Waals surface area contributed by atoms with Crippen LogP contribution < -0.4 is 0 Å². The maximum Gasteiger partial charge on any atom is 0.409 e. The predicted molar refractivity (Wildman–Crippen MR) is 91.7 cm³/mol. The first-order chi connectivity index (χ1) is 11.0. The highest BCUT2D eigenvalue weighted by Gasteiger charge is 2.27. The number of hydrogen-bond donors (Lipinski definition) is 0. The normalized spacial score (nSPS) is 16.1. The monoisotopic (exact) mass is 336 g/mol. The molecule has 1 aliphatic heterocycles. The van der Waals surface area contributed by atoms with Crippen molar-refractivity contribution in [1.29, 1.82) is 0 Å². The molecule has 1 fully saturated rings. The van der Waals surface area contributed by atoms with Crippen molar-refractivity contribution in [3.63, 3.8) is 0 Å². The Morgan fingerprint density at radius 3 is 2.26 bits per heavy atom. The number of aryl methyl sites for hydroxylation is 1. The lowest BCUT2D eigenvalue weighted by atomic mass is 10.2. The summed E-state index contributed by atoms with van der Waals surface area (Å²) in [4.78, 5) is 28.8. The third-order valence-electron chi connectivity index (χ3n) is 3.80. The molecule has 0 unspecified atom stereocenters. The van der Waals surface area contributed by atoms with Gasteiger partial charge < -0.3 is 14.5 Å². The third-order valence-corrected chi connectivity index (χ3v) is 4.90. The van der Waals surface area contributed by atoms with Crippen molar-refractivity contribution in [3.8, 4) is 0 Å². The summed E-state index contributed by atoms with van der Waals surface area (Å²) >= 11 is 1.57. The number of ether oxygens (including phenoxy) is 1. The van der Waals surface area contributed by atoms with E-state index in [4.69, 9.17) is 4.74 Å². The lowest BCUT2D eigenvalue weighted by Gasteiger charge is -2.35. The topological polar surface area (TPSA) is 49.9 Å². The Kier molecular flexibility index (Phi) is 6.33. The molecule has 5 nitrogen and oxygen atoms in total. The van der Waals surface area contributed by atoms with E-state index in [-0.39, 0.29) is 17.3 Å². The van der Waals surface area contributed by atoms with Crippen LogP contribution in [0, 0.1) is 6.92 Å². The van der Waals surface area contributed by atoms with Gasteiger partial charge >= 0.3 is 6.09 Å². The van der Waals surface area contributed by atoms with E-state index in [0.29, 0.717) is 32.8 Å². The first kappa shape index (κ1) is 17.7. The first-order valence-corrected chi connectivity index (χ1v) is 8.83. The van der Waals surface area contributed by atoms with Crippen LogP contribution in [0.1, 0.15) is 19.4 Å². The third kappa shape index (κ3) is 4.89. The summed E-state index contributed by atoms with van der Waals surface area (Å²) in [6, 6.07) is 8.19. The maximum atomic E-state index is 12.5. The summed E-state index contributed by atoms with van der Waals surface area (Å²) in [7, 11) is 0. The molecule has 6 heteroatoms. The molecule has 0 N–H and O–H groups in total. The molecule has 0 aliphatic carbocycles. The average Bonchev–Trinajstić information content (AvgIpc) is 2.56. The van der Waals surface area contributed by atoms with Crippen LogP contribution in [-0.4, -0.2) is 59.8 Å². The highest BCUT2D eigenvalue weighted by molar-refractivity contribution is 8.00. The van der Waals surface area contributed by atoms with Gasteiger partial charge in [-0.05, 0) is 32.9 Å². The summed E-state index contributed by atoms with van der Waals surface area (Å²) < 4.78 is 4.99. The fraction of sp³-hybridized carbons (Fsp3) is 0.529. The van der Waals surface area contributed by atoms with E-state index in [0.717, 1.165) is 4.90 Å². The molecule has 0 bridgehead atoms. The highest BCUT2D eigenvalue weighted by atomic mass is 32.2. The number of benzene rings is 1. The minimum Gasteiger partial charge on any atom is -0.450 e. The summed E-state index contributed by atoms with van der Waals surface area (Å²) in [5, 5.41) is -0.133. The highest BCUT2D eigenvalue weighted by Crippen LogP contribution is 2.25. The number of hydrogen-bond acceptors (Lipinski definition) is 4. The smallest absolute Gasteiger partial charge is 0.409 e. The molecule has 23 heavy (non-hydrogen) atoms. The zero-order chi connectivity index (χ0) is 16.8. The standard InChI is InChI=1S/C17H24N2O3S/c1-4-22-17(21)19-11-9-18(10-12-19)16(20)14(3)23-15-7-5-13(2)6-8-15/h5-8,14H,4,9-12H2,1-3H3/t14-/m0/s1. The molecule has 126 valence electrons. The fourth-order valence-electron chi connectivity index (χ4n) is 2.45. The molecule has 1 atom stereocenters. The number of carbonyl (C=O) groups excluding carboxylic acids is 2. The van der Waals surface area contributed by atoms with E-state index in [9.17, 15) is 9.59 Å². The van der Waals surface area contributed by atoms with Crippen LogP contribution in [0.3, 0.4) is 0 Å². The molecule has 2 rings (SSSR count). The summed E-state index contributed by atoms with van der Waals surface area (Å²) in [5.74, 6) is 0.124. The molecule has 1 saturated heterocycles. The van der Waals surface area contributed by atoms with Gasteiger partial charge in [0, 0.05) is 31.1 Å². The van der Waals surface area contributed by atoms with Gasteiger partial charge in [0.05, 0.1) is 11.9 Å². The molecule has 0 radical (unpaired) electrons. The van der Waals surface area contributed by atoms with Crippen molar-refractivity contribution >= 4 is 23.8 Å². The fourth-order valence-corrected chi connectivity index (χ4v) is 3.40. The Labute approximate surface area is 142 Å². The molecular weight excluding hydrogens is 312 g/mol. The van der Waals surface area contributed by atoms with Crippen LogP contribution in [0.25, 0.3) is 0 Å². The lowest BCUT2D eigenvalue weighted by molar-refractivity contribution is -0.131. The van der Waals surface area contributed by atoms with Gasteiger partial charge in [-0.1, -0.05) is 17.7 Å². The molecule has 1 heterocycles. The molecule has 0 spiro atoms. The van der Waals surface area contributed by atoms with Crippen molar-refractivity contribution in [3.05, 3.63) is 29.8 Å². The number of rotatable bonds is 4. The van der Waals surface area contributed by atoms with Gasteiger partial charge in [-0.3, -0.25) is 4.79 Å². The number of piperazine rings is 1. The van der Waals surface area contributed by atoms with Gasteiger partial charge in [0.1, 0.15) is 0 Å². The van der Waals surface area contributed by atoms with E-state index in [1.165, 1.54) is 5.56 Å². The summed E-state index contributed by atoms with van der Waals surface area (Å²) in [6.07, 6.45) is -0.290. The van der Waals surface area contributed by atoms with Crippen molar-refractivity contribution < 1.29 is 14.3 Å². The van der Waals surface area contributed by atoms with Crippen LogP contribution >= 0.6 is 11.8 Å². The minimum absolute atomic E-state index is 0.124. The van der Waals surface area contributed by atoms with Crippen molar-refractivity contribution in [2.75, 3.05) is 32.8 Å². The largest absolute Gasteiger partial charge is 0.450 e. The Morgan fingerprint density at radius 1 is 1.13 bits per heavy atom. The number of amides is 2. The average molecular weight is 336 g/mol. The van der Waals surface area contributed by atoms with Gasteiger partial charge in [-0.25, -0.2) is 4.79 Å². The van der Waals surface area contributed by atoms with Gasteiger partial charge in [0.15, 0.2) is 0 Å². The van der Waals surface area contributed by atoms with Crippen molar-refractivity contribution in [1.82, 2.24) is 9.80 Å². The number of nitrogens with zero attached hydrogens (tertiary/aromatic N) is 2.